The summed E-state index contributed by atoms with van der Waals surface area (Å²) in [6.07, 6.45) is 0. The Hall–Kier alpha value is -1.70. The lowest BCUT2D eigenvalue weighted by atomic mass is 9.91. The molecule has 3 heterocycles. The van der Waals surface area contributed by atoms with E-state index in [0.29, 0.717) is 38.8 Å². The fourth-order valence-electron chi connectivity index (χ4n) is 3.27. The molecule has 7 heteroatoms. The molecule has 0 bridgehead atoms. The minimum absolute atomic E-state index is 0.164. The third-order valence-electron chi connectivity index (χ3n) is 4.99. The maximum atomic E-state index is 6.16. The Labute approximate surface area is 154 Å². The van der Waals surface area contributed by atoms with Crippen LogP contribution in [0.5, 0.6) is 0 Å². The highest BCUT2D eigenvalue weighted by Crippen LogP contribution is 2.34. The van der Waals surface area contributed by atoms with Gasteiger partial charge in [0.05, 0.1) is 18.7 Å². The van der Waals surface area contributed by atoms with E-state index in [0.717, 1.165) is 28.1 Å². The molecule has 1 saturated heterocycles. The maximum absolute atomic E-state index is 6.16. The van der Waals surface area contributed by atoms with E-state index in [-0.39, 0.29) is 5.41 Å². The molecule has 1 aliphatic rings. The van der Waals surface area contributed by atoms with Crippen molar-refractivity contribution in [3.05, 3.63) is 17.1 Å². The van der Waals surface area contributed by atoms with Crippen molar-refractivity contribution in [2.24, 2.45) is 5.41 Å². The predicted octanol–water partition coefficient (Wildman–Crippen LogP) is 2.96. The molecule has 0 unspecified atom stereocenters. The average molecular weight is 362 g/mol. The van der Waals surface area contributed by atoms with Crippen LogP contribution in [0.25, 0.3) is 11.0 Å². The lowest BCUT2D eigenvalue weighted by Crippen LogP contribution is -2.47. The molecular formula is C19H30N4O3. The van der Waals surface area contributed by atoms with Crippen LogP contribution in [0, 0.1) is 19.3 Å². The highest BCUT2D eigenvalue weighted by molar-refractivity contribution is 5.88. The summed E-state index contributed by atoms with van der Waals surface area (Å²) in [5, 5.41) is 0. The molecule has 0 saturated carbocycles. The van der Waals surface area contributed by atoms with Crippen LogP contribution in [0.4, 0.5) is 5.82 Å². The van der Waals surface area contributed by atoms with Gasteiger partial charge in [0, 0.05) is 24.3 Å². The van der Waals surface area contributed by atoms with Gasteiger partial charge in [0.2, 0.25) is 0 Å². The first-order valence-electron chi connectivity index (χ1n) is 9.13. The molecule has 0 radical (unpaired) electrons. The molecule has 2 aromatic heterocycles. The molecule has 2 aromatic rings. The van der Waals surface area contributed by atoms with E-state index >= 15 is 0 Å². The molecule has 0 spiro atoms. The largest absolute Gasteiger partial charge is 0.382 e. The highest BCUT2D eigenvalue weighted by Gasteiger charge is 2.38. The fourth-order valence-corrected chi connectivity index (χ4v) is 3.27. The van der Waals surface area contributed by atoms with Gasteiger partial charge in [-0.15, -0.1) is 0 Å². The Kier molecular flexibility index (Phi) is 4.98. The number of hydrogen-bond donors (Lipinski definition) is 1. The molecule has 3 rings (SSSR count). The molecule has 0 aromatic carbocycles. The fraction of sp³-hybridized carbons (Fsp3) is 0.684. The molecular weight excluding hydrogens is 332 g/mol. The SMILES string of the molecule is CCOCc1nc2c(N)nc(C)c(C)c2n1CC1(C)COC(C)(C)OC1. The third kappa shape index (κ3) is 3.56. The summed E-state index contributed by atoms with van der Waals surface area (Å²) >= 11 is 0. The zero-order valence-corrected chi connectivity index (χ0v) is 16.7. The van der Waals surface area contributed by atoms with Crippen molar-refractivity contribution in [1.29, 1.82) is 0 Å². The summed E-state index contributed by atoms with van der Waals surface area (Å²) in [7, 11) is 0. The van der Waals surface area contributed by atoms with Gasteiger partial charge in [-0.25, -0.2) is 9.97 Å². The Morgan fingerprint density at radius 2 is 1.81 bits per heavy atom. The van der Waals surface area contributed by atoms with E-state index in [9.17, 15) is 0 Å². The standard InChI is InChI=1S/C19H30N4O3/c1-7-24-8-14-22-15-16(12(2)13(3)21-17(15)20)23(14)9-19(6)10-25-18(4,5)26-11-19/h7-11H2,1-6H3,(H2,20,21). The number of ether oxygens (including phenoxy) is 3. The second-order valence-electron chi connectivity index (χ2n) is 7.94. The minimum atomic E-state index is -0.536. The van der Waals surface area contributed by atoms with E-state index in [1.807, 2.05) is 27.7 Å². The third-order valence-corrected chi connectivity index (χ3v) is 4.99. The number of nitrogens with two attached hydrogens (primary N) is 1. The normalized spacial score (nSPS) is 19.2. The maximum Gasteiger partial charge on any atom is 0.162 e. The first kappa shape index (κ1) is 19.1. The molecule has 0 atom stereocenters. The minimum Gasteiger partial charge on any atom is -0.382 e. The number of rotatable bonds is 5. The van der Waals surface area contributed by atoms with Crippen LogP contribution in [0.1, 0.15) is 44.8 Å². The predicted molar refractivity (Wildman–Crippen MR) is 101 cm³/mol. The van der Waals surface area contributed by atoms with E-state index in [4.69, 9.17) is 24.9 Å². The number of fused-ring (bicyclic) bond motifs is 1. The monoisotopic (exact) mass is 362 g/mol. The van der Waals surface area contributed by atoms with Crippen molar-refractivity contribution >= 4 is 16.9 Å². The van der Waals surface area contributed by atoms with Crippen LogP contribution in [0.3, 0.4) is 0 Å². The first-order chi connectivity index (χ1) is 12.2. The highest BCUT2D eigenvalue weighted by atomic mass is 16.7. The van der Waals surface area contributed by atoms with Gasteiger partial charge < -0.3 is 24.5 Å². The summed E-state index contributed by atoms with van der Waals surface area (Å²) in [6, 6.07) is 0. The van der Waals surface area contributed by atoms with E-state index in [1.165, 1.54) is 0 Å². The summed E-state index contributed by atoms with van der Waals surface area (Å²) in [6.45, 7) is 15.1. The first-order valence-corrected chi connectivity index (χ1v) is 9.13. The van der Waals surface area contributed by atoms with Crippen LogP contribution < -0.4 is 5.73 Å². The Morgan fingerprint density at radius 3 is 2.42 bits per heavy atom. The Morgan fingerprint density at radius 1 is 1.15 bits per heavy atom. The van der Waals surface area contributed by atoms with Crippen molar-refractivity contribution in [2.45, 2.75) is 60.5 Å². The number of aryl methyl sites for hydroxylation is 2. The molecule has 1 fully saturated rings. The van der Waals surface area contributed by atoms with Crippen molar-refractivity contribution in [3.8, 4) is 0 Å². The smallest absolute Gasteiger partial charge is 0.162 e. The van der Waals surface area contributed by atoms with Crippen LogP contribution in [0.15, 0.2) is 0 Å². The van der Waals surface area contributed by atoms with Crippen molar-refractivity contribution in [1.82, 2.24) is 14.5 Å². The van der Waals surface area contributed by atoms with Gasteiger partial charge in [-0.05, 0) is 40.2 Å². The second-order valence-corrected chi connectivity index (χ2v) is 7.94. The molecule has 7 nitrogen and oxygen atoms in total. The Balaban J connectivity index is 2.05. The lowest BCUT2D eigenvalue weighted by Gasteiger charge is -2.41. The average Bonchev–Trinajstić information content (AvgIpc) is 2.93. The number of anilines is 1. The van der Waals surface area contributed by atoms with Crippen LogP contribution in [0.2, 0.25) is 0 Å². The number of imidazole rings is 1. The van der Waals surface area contributed by atoms with Gasteiger partial charge in [-0.3, -0.25) is 0 Å². The number of hydrogen-bond acceptors (Lipinski definition) is 6. The lowest BCUT2D eigenvalue weighted by molar-refractivity contribution is -0.284. The number of pyridine rings is 1. The van der Waals surface area contributed by atoms with Gasteiger partial charge in [0.15, 0.2) is 11.6 Å². The number of nitrogen functional groups attached to an aromatic ring is 1. The van der Waals surface area contributed by atoms with Gasteiger partial charge in [-0.1, -0.05) is 6.92 Å². The van der Waals surface area contributed by atoms with E-state index in [2.05, 4.69) is 23.4 Å². The number of aromatic nitrogens is 3. The summed E-state index contributed by atoms with van der Waals surface area (Å²) < 4.78 is 19.7. The van der Waals surface area contributed by atoms with Crippen LogP contribution >= 0.6 is 0 Å². The van der Waals surface area contributed by atoms with Gasteiger partial charge in [0.25, 0.3) is 0 Å². The zero-order chi connectivity index (χ0) is 19.1. The topological polar surface area (TPSA) is 84.4 Å². The Bertz CT molecular complexity index is 803. The quantitative estimate of drug-likeness (QED) is 0.880. The molecule has 144 valence electrons. The van der Waals surface area contributed by atoms with Gasteiger partial charge >= 0.3 is 0 Å². The van der Waals surface area contributed by atoms with Crippen LogP contribution in [-0.2, 0) is 27.4 Å². The molecule has 1 aliphatic heterocycles. The van der Waals surface area contributed by atoms with Gasteiger partial charge in [0.1, 0.15) is 17.9 Å². The summed E-state index contributed by atoms with van der Waals surface area (Å²) in [5.74, 6) is 0.781. The van der Waals surface area contributed by atoms with E-state index in [1.54, 1.807) is 0 Å². The number of nitrogens with zero attached hydrogens (tertiary/aromatic N) is 3. The zero-order valence-electron chi connectivity index (χ0n) is 16.7. The second kappa shape index (κ2) is 6.79. The van der Waals surface area contributed by atoms with Crippen LogP contribution in [-0.4, -0.2) is 40.1 Å². The summed E-state index contributed by atoms with van der Waals surface area (Å²) in [5.41, 5.74) is 9.77. The van der Waals surface area contributed by atoms with Gasteiger partial charge in [-0.2, -0.15) is 0 Å². The van der Waals surface area contributed by atoms with Crippen molar-refractivity contribution in [2.75, 3.05) is 25.6 Å². The molecule has 26 heavy (non-hydrogen) atoms. The van der Waals surface area contributed by atoms with Crippen molar-refractivity contribution in [3.63, 3.8) is 0 Å². The molecule has 0 amide bonds. The van der Waals surface area contributed by atoms with Crippen molar-refractivity contribution < 1.29 is 14.2 Å². The summed E-state index contributed by atoms with van der Waals surface area (Å²) in [4.78, 5) is 9.18. The van der Waals surface area contributed by atoms with E-state index < -0.39 is 5.79 Å². The molecule has 2 N–H and O–H groups in total. The molecule has 0 aliphatic carbocycles.